The Bertz CT molecular complexity index is 1030. The van der Waals surface area contributed by atoms with Crippen LogP contribution in [0.15, 0.2) is 47.1 Å². The normalized spacial score (nSPS) is 21.1. The van der Waals surface area contributed by atoms with Crippen molar-refractivity contribution in [2.24, 2.45) is 0 Å². The van der Waals surface area contributed by atoms with E-state index in [1.165, 1.54) is 0 Å². The molecule has 1 amide bonds. The molecule has 0 saturated carbocycles. The standard InChI is InChI=1S/C21H20N4O3/c1-14-9-17(24-28-14)20(26)25-8-7-21(12-25)13-27-11-16-10-22-19(23-18(16)21)15-5-3-2-4-6-15/h2-6,9-10H,7-8,11-13H2,1H3/t21-/m0/s1. The zero-order chi connectivity index (χ0) is 19.1. The van der Waals surface area contributed by atoms with Crippen LogP contribution in [0.5, 0.6) is 0 Å². The quantitative estimate of drug-likeness (QED) is 0.684. The van der Waals surface area contributed by atoms with Crippen molar-refractivity contribution < 1.29 is 14.1 Å². The Morgan fingerprint density at radius 1 is 1.25 bits per heavy atom. The summed E-state index contributed by atoms with van der Waals surface area (Å²) in [6.45, 7) is 4.02. The van der Waals surface area contributed by atoms with E-state index in [9.17, 15) is 4.79 Å². The summed E-state index contributed by atoms with van der Waals surface area (Å²) in [7, 11) is 0. The van der Waals surface area contributed by atoms with E-state index in [2.05, 4.69) is 10.1 Å². The topological polar surface area (TPSA) is 81.4 Å². The second-order valence-electron chi connectivity index (χ2n) is 7.51. The second kappa shape index (κ2) is 6.53. The molecule has 4 heterocycles. The lowest BCUT2D eigenvalue weighted by molar-refractivity contribution is 0.0483. The molecule has 1 atom stereocenters. The number of ether oxygens (including phenoxy) is 1. The fourth-order valence-corrected chi connectivity index (χ4v) is 4.11. The molecule has 0 radical (unpaired) electrons. The van der Waals surface area contributed by atoms with Gasteiger partial charge in [0.25, 0.3) is 5.91 Å². The van der Waals surface area contributed by atoms with Gasteiger partial charge in [0, 0.05) is 36.5 Å². The van der Waals surface area contributed by atoms with Gasteiger partial charge in [-0.25, -0.2) is 9.97 Å². The Hall–Kier alpha value is -3.06. The molecule has 1 fully saturated rings. The van der Waals surface area contributed by atoms with Crippen molar-refractivity contribution in [3.05, 3.63) is 65.3 Å². The van der Waals surface area contributed by atoms with Crippen LogP contribution in [0.3, 0.4) is 0 Å². The van der Waals surface area contributed by atoms with Gasteiger partial charge in [0.1, 0.15) is 5.76 Å². The van der Waals surface area contributed by atoms with E-state index in [1.54, 1.807) is 13.0 Å². The first kappa shape index (κ1) is 17.1. The summed E-state index contributed by atoms with van der Waals surface area (Å²) in [5.74, 6) is 1.22. The number of carbonyl (C=O) groups excluding carboxylic acids is 1. The van der Waals surface area contributed by atoms with Gasteiger partial charge >= 0.3 is 0 Å². The van der Waals surface area contributed by atoms with Crippen molar-refractivity contribution >= 4 is 5.91 Å². The van der Waals surface area contributed by atoms with Crippen LogP contribution in [0.1, 0.15) is 33.9 Å². The van der Waals surface area contributed by atoms with E-state index in [0.29, 0.717) is 43.6 Å². The van der Waals surface area contributed by atoms with Gasteiger partial charge in [-0.05, 0) is 13.3 Å². The molecule has 2 aliphatic rings. The van der Waals surface area contributed by atoms with Crippen LogP contribution in [0, 0.1) is 6.92 Å². The third kappa shape index (κ3) is 2.79. The fourth-order valence-electron chi connectivity index (χ4n) is 4.11. The third-order valence-corrected chi connectivity index (χ3v) is 5.52. The minimum Gasteiger partial charge on any atom is -0.376 e. The van der Waals surface area contributed by atoms with Crippen LogP contribution in [-0.4, -0.2) is 45.6 Å². The Labute approximate surface area is 162 Å². The summed E-state index contributed by atoms with van der Waals surface area (Å²) in [4.78, 5) is 24.1. The van der Waals surface area contributed by atoms with Gasteiger partial charge in [-0.1, -0.05) is 35.5 Å². The highest BCUT2D eigenvalue weighted by Gasteiger charge is 2.46. The molecule has 142 valence electrons. The highest BCUT2D eigenvalue weighted by atomic mass is 16.5. The summed E-state index contributed by atoms with van der Waals surface area (Å²) in [5.41, 5.74) is 3.01. The van der Waals surface area contributed by atoms with Gasteiger partial charge in [-0.15, -0.1) is 0 Å². The summed E-state index contributed by atoms with van der Waals surface area (Å²) >= 11 is 0. The number of rotatable bonds is 2. The number of hydrogen-bond acceptors (Lipinski definition) is 6. The van der Waals surface area contributed by atoms with E-state index in [1.807, 2.05) is 41.4 Å². The Kier molecular flexibility index (Phi) is 3.98. The zero-order valence-electron chi connectivity index (χ0n) is 15.6. The minimum absolute atomic E-state index is 0.113. The molecule has 7 heteroatoms. The second-order valence-corrected chi connectivity index (χ2v) is 7.51. The SMILES string of the molecule is Cc1cc(C(=O)N2CC[C@@]3(COCc4cnc(-c5ccccc5)nc43)C2)no1. The number of aryl methyl sites for hydroxylation is 1. The highest BCUT2D eigenvalue weighted by Crippen LogP contribution is 2.40. The number of nitrogens with zero attached hydrogens (tertiary/aromatic N) is 4. The minimum atomic E-state index is -0.311. The summed E-state index contributed by atoms with van der Waals surface area (Å²) in [6.07, 6.45) is 2.66. The summed E-state index contributed by atoms with van der Waals surface area (Å²) in [5, 5.41) is 3.87. The van der Waals surface area contributed by atoms with Crippen LogP contribution in [-0.2, 0) is 16.8 Å². The maximum absolute atomic E-state index is 12.8. The van der Waals surface area contributed by atoms with Gasteiger partial charge < -0.3 is 14.2 Å². The molecule has 2 aromatic heterocycles. The smallest absolute Gasteiger partial charge is 0.276 e. The molecule has 28 heavy (non-hydrogen) atoms. The molecule has 0 N–H and O–H groups in total. The molecule has 7 nitrogen and oxygen atoms in total. The van der Waals surface area contributed by atoms with Crippen LogP contribution in [0.25, 0.3) is 11.4 Å². The Morgan fingerprint density at radius 3 is 2.89 bits per heavy atom. The molecule has 0 bridgehead atoms. The number of hydrogen-bond donors (Lipinski definition) is 0. The highest BCUT2D eigenvalue weighted by molar-refractivity contribution is 5.92. The Balaban J connectivity index is 1.48. The molecule has 0 unspecified atom stereocenters. The van der Waals surface area contributed by atoms with Gasteiger partial charge in [-0.3, -0.25) is 4.79 Å². The van der Waals surface area contributed by atoms with E-state index in [0.717, 1.165) is 23.2 Å². The first-order valence-corrected chi connectivity index (χ1v) is 9.37. The predicted molar refractivity (Wildman–Crippen MR) is 101 cm³/mol. The molecular weight excluding hydrogens is 356 g/mol. The lowest BCUT2D eigenvalue weighted by atomic mass is 9.80. The Morgan fingerprint density at radius 2 is 2.11 bits per heavy atom. The first-order chi connectivity index (χ1) is 13.6. The van der Waals surface area contributed by atoms with Crippen molar-refractivity contribution in [2.45, 2.75) is 25.4 Å². The van der Waals surface area contributed by atoms with Crippen LogP contribution >= 0.6 is 0 Å². The molecule has 0 aliphatic carbocycles. The maximum Gasteiger partial charge on any atom is 0.276 e. The molecule has 1 spiro atoms. The van der Waals surface area contributed by atoms with Crippen molar-refractivity contribution in [1.29, 1.82) is 0 Å². The number of carbonyl (C=O) groups is 1. The molecular formula is C21H20N4O3. The predicted octanol–water partition coefficient (Wildman–Crippen LogP) is 2.75. The van der Waals surface area contributed by atoms with Crippen LogP contribution < -0.4 is 0 Å². The summed E-state index contributed by atoms with van der Waals surface area (Å²) in [6, 6.07) is 11.6. The van der Waals surface area contributed by atoms with Gasteiger partial charge in [0.05, 0.1) is 24.3 Å². The maximum atomic E-state index is 12.8. The van der Waals surface area contributed by atoms with E-state index in [-0.39, 0.29) is 11.3 Å². The number of benzene rings is 1. The average molecular weight is 376 g/mol. The monoisotopic (exact) mass is 376 g/mol. The number of amides is 1. The van der Waals surface area contributed by atoms with Gasteiger partial charge in [0.15, 0.2) is 11.5 Å². The molecule has 1 saturated heterocycles. The van der Waals surface area contributed by atoms with E-state index in [4.69, 9.17) is 14.2 Å². The van der Waals surface area contributed by atoms with E-state index < -0.39 is 0 Å². The zero-order valence-corrected chi connectivity index (χ0v) is 15.6. The lowest BCUT2D eigenvalue weighted by Crippen LogP contribution is -2.41. The average Bonchev–Trinajstić information content (AvgIpc) is 3.36. The van der Waals surface area contributed by atoms with Crippen molar-refractivity contribution in [3.8, 4) is 11.4 Å². The molecule has 1 aromatic carbocycles. The number of fused-ring (bicyclic) bond motifs is 2. The lowest BCUT2D eigenvalue weighted by Gasteiger charge is -2.34. The third-order valence-electron chi connectivity index (χ3n) is 5.52. The molecule has 3 aromatic rings. The van der Waals surface area contributed by atoms with Crippen LogP contribution in [0.4, 0.5) is 0 Å². The van der Waals surface area contributed by atoms with Crippen molar-refractivity contribution in [3.63, 3.8) is 0 Å². The van der Waals surface area contributed by atoms with Crippen molar-refractivity contribution in [2.75, 3.05) is 19.7 Å². The molecule has 2 aliphatic heterocycles. The number of aromatic nitrogens is 3. The van der Waals surface area contributed by atoms with Crippen LogP contribution in [0.2, 0.25) is 0 Å². The van der Waals surface area contributed by atoms with Crippen molar-refractivity contribution in [1.82, 2.24) is 20.0 Å². The number of likely N-dealkylation sites (tertiary alicyclic amines) is 1. The summed E-state index contributed by atoms with van der Waals surface area (Å²) < 4.78 is 10.9. The van der Waals surface area contributed by atoms with E-state index >= 15 is 0 Å². The first-order valence-electron chi connectivity index (χ1n) is 9.37. The molecule has 5 rings (SSSR count). The fraction of sp³-hybridized carbons (Fsp3) is 0.333. The van der Waals surface area contributed by atoms with Gasteiger partial charge in [0.2, 0.25) is 0 Å². The largest absolute Gasteiger partial charge is 0.376 e. The van der Waals surface area contributed by atoms with Gasteiger partial charge in [-0.2, -0.15) is 0 Å².